The summed E-state index contributed by atoms with van der Waals surface area (Å²) in [5.41, 5.74) is 9.25. The van der Waals surface area contributed by atoms with E-state index < -0.39 is 17.6 Å². The third kappa shape index (κ3) is 3.36. The quantitative estimate of drug-likeness (QED) is 0.424. The van der Waals surface area contributed by atoms with Crippen LogP contribution in [-0.2, 0) is 20.5 Å². The van der Waals surface area contributed by atoms with Gasteiger partial charge in [0.2, 0.25) is 0 Å². The van der Waals surface area contributed by atoms with Gasteiger partial charge in [0.15, 0.2) is 5.82 Å². The second-order valence-corrected chi connectivity index (χ2v) is 8.03. The van der Waals surface area contributed by atoms with Crippen molar-refractivity contribution in [2.24, 2.45) is 14.1 Å². The van der Waals surface area contributed by atoms with Crippen LogP contribution in [0.5, 0.6) is 5.88 Å². The second kappa shape index (κ2) is 7.77. The normalized spacial score (nSPS) is 14.5. The molecule has 1 atom stereocenters. The van der Waals surface area contributed by atoms with Crippen molar-refractivity contribution >= 4 is 5.82 Å². The number of rotatable bonds is 0. The van der Waals surface area contributed by atoms with Gasteiger partial charge in [-0.2, -0.15) is 15.3 Å². The van der Waals surface area contributed by atoms with E-state index in [0.29, 0.717) is 39.3 Å². The van der Waals surface area contributed by atoms with Crippen LogP contribution in [0.2, 0.25) is 0 Å². The fourth-order valence-electron chi connectivity index (χ4n) is 4.15. The lowest BCUT2D eigenvalue weighted by molar-refractivity contribution is 0.218. The van der Waals surface area contributed by atoms with Crippen LogP contribution >= 0.6 is 0 Å². The zero-order valence-corrected chi connectivity index (χ0v) is 18.6. The zero-order chi connectivity index (χ0) is 24.1. The van der Waals surface area contributed by atoms with Gasteiger partial charge < -0.3 is 15.0 Å². The van der Waals surface area contributed by atoms with Gasteiger partial charge in [0.05, 0.1) is 28.8 Å². The van der Waals surface area contributed by atoms with Gasteiger partial charge in [-0.15, -0.1) is 0 Å². The number of anilines is 1. The molecular weight excluding hydrogens is 439 g/mol. The highest BCUT2D eigenvalue weighted by Crippen LogP contribution is 2.37. The maximum Gasteiger partial charge on any atom is 0.347 e. The third-order valence-electron chi connectivity index (χ3n) is 5.76. The van der Waals surface area contributed by atoms with Gasteiger partial charge in [-0.05, 0) is 25.1 Å². The highest BCUT2D eigenvalue weighted by Gasteiger charge is 2.26. The van der Waals surface area contributed by atoms with Gasteiger partial charge >= 0.3 is 5.69 Å². The number of aryl methyl sites for hydroxylation is 2. The molecule has 10 nitrogen and oxygen atoms in total. The average Bonchev–Trinajstić information content (AvgIpc) is 3.11. The summed E-state index contributed by atoms with van der Waals surface area (Å²) in [6, 6.07) is 6.36. The largest absolute Gasteiger partial charge is 0.467 e. The van der Waals surface area contributed by atoms with E-state index in [1.807, 2.05) is 0 Å². The monoisotopic (exact) mass is 458 g/mol. The summed E-state index contributed by atoms with van der Waals surface area (Å²) < 4.78 is 23.1. The molecule has 170 valence electrons. The molecule has 3 aromatic heterocycles. The number of hydrogen-bond acceptors (Lipinski definition) is 8. The first kappa shape index (κ1) is 21.3. The highest BCUT2D eigenvalue weighted by atomic mass is 19.1. The molecule has 4 heterocycles. The number of hydrogen-bond donors (Lipinski definition) is 1. The number of nitrogen functional groups attached to an aromatic ring is 1. The predicted molar refractivity (Wildman–Crippen MR) is 120 cm³/mol. The molecule has 4 aromatic rings. The third-order valence-corrected chi connectivity index (χ3v) is 5.76. The van der Waals surface area contributed by atoms with Crippen LogP contribution in [-0.4, -0.2) is 29.3 Å². The van der Waals surface area contributed by atoms with Crippen molar-refractivity contribution in [3.8, 4) is 34.5 Å². The van der Waals surface area contributed by atoms with Crippen LogP contribution in [0.4, 0.5) is 10.2 Å². The van der Waals surface area contributed by atoms with E-state index in [9.17, 15) is 14.4 Å². The molecule has 2 bridgehead atoms. The predicted octanol–water partition coefficient (Wildman–Crippen LogP) is 2.27. The summed E-state index contributed by atoms with van der Waals surface area (Å²) in [7, 11) is 3.26. The van der Waals surface area contributed by atoms with E-state index in [-0.39, 0.29) is 23.8 Å². The highest BCUT2D eigenvalue weighted by molar-refractivity contribution is 5.72. The lowest BCUT2D eigenvalue weighted by Gasteiger charge is -2.21. The van der Waals surface area contributed by atoms with Crippen LogP contribution < -0.4 is 16.2 Å². The van der Waals surface area contributed by atoms with Gasteiger partial charge in [0.1, 0.15) is 23.7 Å². The maximum atomic E-state index is 14.3. The van der Waals surface area contributed by atoms with Crippen molar-refractivity contribution in [1.82, 2.24) is 29.3 Å². The molecule has 0 fully saturated rings. The Kier molecular flexibility index (Phi) is 4.86. The SMILES string of the molecule is C[C@H]1Oc2nc(cnc2N)-c2c(nn(C)c2C#N)Cc2cn(C)c(=O)nc2-c2ccc(F)cc21. The van der Waals surface area contributed by atoms with Gasteiger partial charge in [0, 0.05) is 43.4 Å². The van der Waals surface area contributed by atoms with Crippen molar-refractivity contribution in [2.45, 2.75) is 19.4 Å². The lowest BCUT2D eigenvalue weighted by Crippen LogP contribution is -2.22. The molecule has 0 saturated heterocycles. The second-order valence-electron chi connectivity index (χ2n) is 8.03. The van der Waals surface area contributed by atoms with Crippen LogP contribution in [0.1, 0.15) is 35.5 Å². The smallest absolute Gasteiger partial charge is 0.347 e. The molecule has 0 aliphatic carbocycles. The molecule has 0 saturated carbocycles. The van der Waals surface area contributed by atoms with Gasteiger partial charge in [0.25, 0.3) is 5.88 Å². The summed E-state index contributed by atoms with van der Waals surface area (Å²) in [6.45, 7) is 1.72. The molecule has 0 radical (unpaired) electrons. The Morgan fingerprint density at radius 1 is 1.29 bits per heavy atom. The van der Waals surface area contributed by atoms with Gasteiger partial charge in [-0.25, -0.2) is 19.2 Å². The Morgan fingerprint density at radius 3 is 2.85 bits per heavy atom. The van der Waals surface area contributed by atoms with Crippen molar-refractivity contribution in [2.75, 3.05) is 5.73 Å². The minimum atomic E-state index is -0.709. The molecule has 1 aliphatic rings. The minimum absolute atomic E-state index is 0.0386. The Morgan fingerprint density at radius 2 is 2.09 bits per heavy atom. The van der Waals surface area contributed by atoms with Crippen molar-refractivity contribution in [1.29, 1.82) is 5.26 Å². The molecule has 34 heavy (non-hydrogen) atoms. The van der Waals surface area contributed by atoms with Crippen molar-refractivity contribution in [3.05, 3.63) is 69.4 Å². The number of aromatic nitrogens is 6. The van der Waals surface area contributed by atoms with E-state index >= 15 is 0 Å². The Hall–Kier alpha value is -4.59. The molecule has 5 rings (SSSR count). The van der Waals surface area contributed by atoms with Crippen molar-refractivity contribution < 1.29 is 9.13 Å². The molecule has 1 aromatic carbocycles. The van der Waals surface area contributed by atoms with Gasteiger partial charge in [-0.3, -0.25) is 4.68 Å². The number of ether oxygens (including phenoxy) is 1. The van der Waals surface area contributed by atoms with Crippen molar-refractivity contribution in [3.63, 3.8) is 0 Å². The number of nitriles is 1. The number of benzene rings is 1. The number of fused-ring (bicyclic) bond motifs is 7. The molecule has 0 spiro atoms. The number of nitrogens with two attached hydrogens (primary N) is 1. The molecule has 1 aliphatic heterocycles. The average molecular weight is 458 g/mol. The Labute approximate surface area is 193 Å². The molecular formula is C23H19FN8O2. The first-order valence-corrected chi connectivity index (χ1v) is 10.4. The van der Waals surface area contributed by atoms with E-state index in [1.165, 1.54) is 27.6 Å². The first-order valence-electron chi connectivity index (χ1n) is 10.4. The Bertz CT molecular complexity index is 1570. The summed E-state index contributed by atoms with van der Waals surface area (Å²) in [4.78, 5) is 25.5. The standard InChI is InChI=1S/C23H19FN8O2/c1-11-15-7-13(24)4-5-14(15)20-12(10-31(2)23(33)29-20)6-16-19(18(8-25)32(3)30-16)17-9-27-21(26)22(28-17)34-11/h4-5,7,9-11H,6H2,1-3H3,(H2,26,27)/t11-/m1/s1. The fraction of sp³-hybridized carbons (Fsp3) is 0.217. The van der Waals surface area contributed by atoms with E-state index in [1.54, 1.807) is 33.3 Å². The molecule has 2 N–H and O–H groups in total. The zero-order valence-electron chi connectivity index (χ0n) is 18.6. The first-order chi connectivity index (χ1) is 16.3. The summed E-state index contributed by atoms with van der Waals surface area (Å²) >= 11 is 0. The van der Waals surface area contributed by atoms with Crippen LogP contribution in [0.25, 0.3) is 22.5 Å². The van der Waals surface area contributed by atoms with E-state index in [0.717, 1.165) is 0 Å². The Balaban J connectivity index is 1.88. The number of halogens is 1. The van der Waals surface area contributed by atoms with Crippen LogP contribution in [0.15, 0.2) is 35.4 Å². The minimum Gasteiger partial charge on any atom is -0.467 e. The van der Waals surface area contributed by atoms with E-state index in [4.69, 9.17) is 10.5 Å². The van der Waals surface area contributed by atoms with Crippen LogP contribution in [0, 0.1) is 17.1 Å². The molecule has 0 unspecified atom stereocenters. The summed E-state index contributed by atoms with van der Waals surface area (Å²) in [5, 5.41) is 14.3. The fourth-order valence-corrected chi connectivity index (χ4v) is 4.15. The summed E-state index contributed by atoms with van der Waals surface area (Å²) in [5.74, 6) is -0.385. The topological polar surface area (TPSA) is 138 Å². The molecule has 11 heteroatoms. The van der Waals surface area contributed by atoms with Crippen LogP contribution in [0.3, 0.4) is 0 Å². The number of nitrogens with zero attached hydrogens (tertiary/aromatic N) is 7. The van der Waals surface area contributed by atoms with Gasteiger partial charge in [-0.1, -0.05) is 0 Å². The maximum absolute atomic E-state index is 14.3. The molecule has 0 amide bonds. The lowest BCUT2D eigenvalue weighted by atomic mass is 9.95. The summed E-state index contributed by atoms with van der Waals surface area (Å²) in [6.07, 6.45) is 2.64. The van der Waals surface area contributed by atoms with E-state index in [2.05, 4.69) is 26.1 Å².